The van der Waals surface area contributed by atoms with Crippen molar-refractivity contribution in [1.29, 1.82) is 0 Å². The van der Waals surface area contributed by atoms with Gasteiger partial charge in [0.15, 0.2) is 0 Å². The van der Waals surface area contributed by atoms with E-state index in [-0.39, 0.29) is 17.7 Å². The van der Waals surface area contributed by atoms with Crippen molar-refractivity contribution in [2.75, 3.05) is 6.54 Å². The number of benzene rings is 4. The van der Waals surface area contributed by atoms with Crippen LogP contribution in [0.15, 0.2) is 103 Å². The van der Waals surface area contributed by atoms with Gasteiger partial charge in [-0.2, -0.15) is 0 Å². The monoisotopic (exact) mass is 588 g/mol. The van der Waals surface area contributed by atoms with Crippen molar-refractivity contribution < 1.29 is 14.3 Å². The molecule has 0 bridgehead atoms. The molecular formula is C35H36N6O3. The first-order chi connectivity index (χ1) is 21.5. The summed E-state index contributed by atoms with van der Waals surface area (Å²) in [6.07, 6.45) is 1.63. The standard InChI is InChI=1S/C35H36N6O3/c1-40-31-19-17-25(20-30(31)38-39-40)22-37-34(42)32-21-26(28-14-8-9-15-33(28)44-27-12-6-3-7-13-27)23-41(32)35(43)29(36)18-16-24-10-4-2-5-11-24/h2-15,17,19-20,26,29,32H,16,18,21-23,36H2,1H3,(H,37,42)/t26-,29+,32-/m0/s1. The summed E-state index contributed by atoms with van der Waals surface area (Å²) in [5.41, 5.74) is 11.1. The highest BCUT2D eigenvalue weighted by Crippen LogP contribution is 2.38. The Morgan fingerprint density at radius 1 is 0.955 bits per heavy atom. The molecule has 0 aliphatic carbocycles. The molecule has 224 valence electrons. The minimum atomic E-state index is -0.723. The van der Waals surface area contributed by atoms with Gasteiger partial charge in [-0.15, -0.1) is 5.10 Å². The van der Waals surface area contributed by atoms with Crippen molar-refractivity contribution in [1.82, 2.24) is 25.2 Å². The highest BCUT2D eigenvalue weighted by molar-refractivity contribution is 5.90. The van der Waals surface area contributed by atoms with Crippen LogP contribution in [-0.4, -0.2) is 50.3 Å². The molecule has 3 N–H and O–H groups in total. The summed E-state index contributed by atoms with van der Waals surface area (Å²) in [5, 5.41) is 11.3. The van der Waals surface area contributed by atoms with Crippen LogP contribution in [0.25, 0.3) is 11.0 Å². The Labute approximate surface area is 256 Å². The number of carbonyl (C=O) groups excluding carboxylic acids is 2. The van der Waals surface area contributed by atoms with Crippen LogP contribution in [0.2, 0.25) is 0 Å². The van der Waals surface area contributed by atoms with Gasteiger partial charge in [0, 0.05) is 26.1 Å². The average Bonchev–Trinajstić information content (AvgIpc) is 3.67. The van der Waals surface area contributed by atoms with Crippen molar-refractivity contribution in [2.24, 2.45) is 12.8 Å². The Balaban J connectivity index is 1.21. The van der Waals surface area contributed by atoms with Crippen molar-refractivity contribution in [2.45, 2.75) is 43.8 Å². The summed E-state index contributed by atoms with van der Waals surface area (Å²) in [5.74, 6) is 0.903. The Hall–Kier alpha value is -5.02. The van der Waals surface area contributed by atoms with Crippen molar-refractivity contribution in [3.63, 3.8) is 0 Å². The van der Waals surface area contributed by atoms with Crippen molar-refractivity contribution in [3.8, 4) is 11.5 Å². The zero-order chi connectivity index (χ0) is 30.5. The highest BCUT2D eigenvalue weighted by atomic mass is 16.5. The summed E-state index contributed by atoms with van der Waals surface area (Å²) in [6.45, 7) is 0.680. The predicted octanol–water partition coefficient (Wildman–Crippen LogP) is 4.72. The lowest BCUT2D eigenvalue weighted by molar-refractivity contribution is -0.139. The first kappa shape index (κ1) is 29.1. The maximum atomic E-state index is 13.8. The number of nitrogens with one attached hydrogen (secondary N) is 1. The van der Waals surface area contributed by atoms with E-state index in [1.54, 1.807) is 9.58 Å². The fourth-order valence-corrected chi connectivity index (χ4v) is 5.89. The van der Waals surface area contributed by atoms with Crippen LogP contribution in [-0.2, 0) is 29.6 Å². The molecule has 0 spiro atoms. The summed E-state index contributed by atoms with van der Waals surface area (Å²) in [6, 6.07) is 31.8. The number of likely N-dealkylation sites (tertiary alicyclic amines) is 1. The molecule has 1 fully saturated rings. The second-order valence-corrected chi connectivity index (χ2v) is 11.3. The third-order valence-electron chi connectivity index (χ3n) is 8.26. The van der Waals surface area contributed by atoms with E-state index < -0.39 is 12.1 Å². The van der Waals surface area contributed by atoms with E-state index >= 15 is 0 Å². The van der Waals surface area contributed by atoms with Gasteiger partial charge in [0.05, 0.1) is 11.6 Å². The lowest BCUT2D eigenvalue weighted by atomic mass is 9.95. The summed E-state index contributed by atoms with van der Waals surface area (Å²) in [4.78, 5) is 29.2. The Bertz CT molecular complexity index is 1740. The Kier molecular flexibility index (Phi) is 8.65. The van der Waals surface area contributed by atoms with Crippen molar-refractivity contribution >= 4 is 22.8 Å². The van der Waals surface area contributed by atoms with Crippen LogP contribution < -0.4 is 15.8 Å². The second kappa shape index (κ2) is 13.1. The molecule has 1 saturated heterocycles. The molecule has 4 aromatic carbocycles. The Morgan fingerprint density at radius 3 is 2.48 bits per heavy atom. The molecule has 44 heavy (non-hydrogen) atoms. The van der Waals surface area contributed by atoms with E-state index in [1.165, 1.54) is 0 Å². The van der Waals surface area contributed by atoms with E-state index in [9.17, 15) is 9.59 Å². The summed E-state index contributed by atoms with van der Waals surface area (Å²) in [7, 11) is 1.84. The van der Waals surface area contributed by atoms with Gasteiger partial charge in [0.2, 0.25) is 11.8 Å². The molecule has 1 aliphatic rings. The topological polar surface area (TPSA) is 115 Å². The highest BCUT2D eigenvalue weighted by Gasteiger charge is 2.42. The van der Waals surface area contributed by atoms with Crippen LogP contribution >= 0.6 is 0 Å². The molecule has 0 radical (unpaired) electrons. The lowest BCUT2D eigenvalue weighted by Gasteiger charge is -2.27. The van der Waals surface area contributed by atoms with E-state index in [1.807, 2.05) is 110 Å². The first-order valence-electron chi connectivity index (χ1n) is 14.9. The molecule has 9 nitrogen and oxygen atoms in total. The van der Waals surface area contributed by atoms with Gasteiger partial charge in [0.1, 0.15) is 23.1 Å². The summed E-state index contributed by atoms with van der Waals surface area (Å²) < 4.78 is 7.96. The van der Waals surface area contributed by atoms with Gasteiger partial charge < -0.3 is 20.7 Å². The van der Waals surface area contributed by atoms with Gasteiger partial charge in [-0.25, -0.2) is 4.68 Å². The number of hydrogen-bond acceptors (Lipinski definition) is 6. The third kappa shape index (κ3) is 6.48. The number of carbonyl (C=O) groups is 2. The number of hydrogen-bond donors (Lipinski definition) is 2. The third-order valence-corrected chi connectivity index (χ3v) is 8.26. The number of nitrogens with two attached hydrogens (primary N) is 1. The van der Waals surface area contributed by atoms with Crippen molar-refractivity contribution in [3.05, 3.63) is 120 Å². The molecule has 6 rings (SSSR count). The maximum Gasteiger partial charge on any atom is 0.243 e. The predicted molar refractivity (Wildman–Crippen MR) is 169 cm³/mol. The second-order valence-electron chi connectivity index (χ2n) is 11.3. The van der Waals surface area contributed by atoms with E-state index in [0.29, 0.717) is 38.1 Å². The number of aryl methyl sites for hydroxylation is 2. The zero-order valence-electron chi connectivity index (χ0n) is 24.7. The van der Waals surface area contributed by atoms with Gasteiger partial charge >= 0.3 is 0 Å². The fourth-order valence-electron chi connectivity index (χ4n) is 5.89. The van der Waals surface area contributed by atoms with E-state index in [0.717, 1.165) is 33.5 Å². The quantitative estimate of drug-likeness (QED) is 0.244. The molecule has 5 aromatic rings. The number of rotatable bonds is 10. The molecule has 0 saturated carbocycles. The Morgan fingerprint density at radius 2 is 1.68 bits per heavy atom. The minimum Gasteiger partial charge on any atom is -0.457 e. The molecule has 1 aromatic heterocycles. The van der Waals surface area contributed by atoms with Crippen LogP contribution in [0.3, 0.4) is 0 Å². The number of ether oxygens (including phenoxy) is 1. The minimum absolute atomic E-state index is 0.105. The molecule has 9 heteroatoms. The van der Waals surface area contributed by atoms with Gasteiger partial charge in [-0.3, -0.25) is 9.59 Å². The molecule has 2 amide bonds. The van der Waals surface area contributed by atoms with Gasteiger partial charge in [-0.1, -0.05) is 78.0 Å². The van der Waals surface area contributed by atoms with Gasteiger partial charge in [-0.05, 0) is 66.3 Å². The first-order valence-corrected chi connectivity index (χ1v) is 14.9. The average molecular weight is 589 g/mol. The lowest BCUT2D eigenvalue weighted by Crippen LogP contribution is -2.51. The molecule has 3 atom stereocenters. The fraction of sp³-hybridized carbons (Fsp3) is 0.257. The van der Waals surface area contributed by atoms with Crippen LogP contribution in [0.4, 0.5) is 0 Å². The number of aromatic nitrogens is 3. The number of amides is 2. The molecule has 2 heterocycles. The largest absolute Gasteiger partial charge is 0.457 e. The maximum absolute atomic E-state index is 13.8. The molecular weight excluding hydrogens is 552 g/mol. The van der Waals surface area contributed by atoms with E-state index in [4.69, 9.17) is 10.5 Å². The number of fused-ring (bicyclic) bond motifs is 1. The molecule has 1 aliphatic heterocycles. The number of para-hydroxylation sites is 2. The smallest absolute Gasteiger partial charge is 0.243 e. The van der Waals surface area contributed by atoms with E-state index in [2.05, 4.69) is 15.6 Å². The SMILES string of the molecule is Cn1nnc2cc(CNC(=O)[C@@H]3C[C@H](c4ccccc4Oc4ccccc4)CN3C(=O)[C@H](N)CCc3ccccc3)ccc21. The molecule has 0 unspecified atom stereocenters. The zero-order valence-corrected chi connectivity index (χ0v) is 24.7. The van der Waals surface area contributed by atoms with Crippen LogP contribution in [0, 0.1) is 0 Å². The number of nitrogens with zero attached hydrogens (tertiary/aromatic N) is 4. The summed E-state index contributed by atoms with van der Waals surface area (Å²) >= 11 is 0. The van der Waals surface area contributed by atoms with Crippen LogP contribution in [0.1, 0.15) is 35.4 Å². The normalized spacial score (nSPS) is 17.0. The van der Waals surface area contributed by atoms with Crippen LogP contribution in [0.5, 0.6) is 11.5 Å². The van der Waals surface area contributed by atoms with Gasteiger partial charge in [0.25, 0.3) is 0 Å².